The molecule has 9 rings (SSSR count). The largest absolute Gasteiger partial charge is 0.392 e. The van der Waals surface area contributed by atoms with Gasteiger partial charge in [0.25, 0.3) is 0 Å². The summed E-state index contributed by atoms with van der Waals surface area (Å²) in [6.45, 7) is 0. The lowest BCUT2D eigenvalue weighted by Gasteiger charge is -2.62. The van der Waals surface area contributed by atoms with Crippen molar-refractivity contribution in [3.05, 3.63) is 98.4 Å². The summed E-state index contributed by atoms with van der Waals surface area (Å²) >= 11 is 0. The molecule has 4 aliphatic carbocycles. The van der Waals surface area contributed by atoms with Crippen LogP contribution in [0.4, 0.5) is 15.8 Å². The van der Waals surface area contributed by atoms with Crippen LogP contribution in [0.3, 0.4) is 0 Å². The topological polar surface area (TPSA) is 84.2 Å². The van der Waals surface area contributed by atoms with E-state index in [-0.39, 0.29) is 22.7 Å². The number of aliphatic hydroxyl groups is 1. The molecule has 0 saturated heterocycles. The summed E-state index contributed by atoms with van der Waals surface area (Å²) in [6.07, 6.45) is 10.0. The predicted octanol–water partition coefficient (Wildman–Crippen LogP) is 5.37. The van der Waals surface area contributed by atoms with Gasteiger partial charge < -0.3 is 15.0 Å². The number of imidazole rings is 1. The van der Waals surface area contributed by atoms with Gasteiger partial charge in [-0.2, -0.15) is 0 Å². The number of nitrogens with one attached hydrogen (secondary N) is 1. The van der Waals surface area contributed by atoms with E-state index in [9.17, 15) is 19.1 Å². The fraction of sp³-hybridized carbons (Fsp3) is 0.424. The van der Waals surface area contributed by atoms with Crippen molar-refractivity contribution >= 4 is 11.4 Å². The summed E-state index contributed by atoms with van der Waals surface area (Å²) in [5.74, 6) is 1.52. The molecule has 5 aliphatic rings. The highest BCUT2D eigenvalue weighted by atomic mass is 19.1. The van der Waals surface area contributed by atoms with E-state index in [0.29, 0.717) is 53.5 Å². The Bertz CT molecular complexity index is 1670. The van der Waals surface area contributed by atoms with E-state index < -0.39 is 11.5 Å². The second-order valence-electron chi connectivity index (χ2n) is 12.9. The molecule has 2 N–H and O–H groups in total. The quantitative estimate of drug-likeness (QED) is 0.310. The molecule has 0 amide bonds. The molecule has 4 unspecified atom stereocenters. The van der Waals surface area contributed by atoms with Gasteiger partial charge in [0.2, 0.25) is 10.9 Å². The van der Waals surface area contributed by atoms with Gasteiger partial charge in [-0.05, 0) is 104 Å². The molecule has 40 heavy (non-hydrogen) atoms. The Morgan fingerprint density at radius 3 is 2.55 bits per heavy atom. The van der Waals surface area contributed by atoms with Gasteiger partial charge in [-0.3, -0.25) is 9.59 Å². The first-order chi connectivity index (χ1) is 19.4. The minimum absolute atomic E-state index is 0.0890. The van der Waals surface area contributed by atoms with Gasteiger partial charge in [0.1, 0.15) is 5.82 Å². The summed E-state index contributed by atoms with van der Waals surface area (Å²) in [7, 11) is 0. The van der Waals surface area contributed by atoms with Crippen LogP contribution in [0.15, 0.2) is 70.6 Å². The average Bonchev–Trinajstić information content (AvgIpc) is 3.55. The van der Waals surface area contributed by atoms with E-state index in [0.717, 1.165) is 37.8 Å². The van der Waals surface area contributed by atoms with Crippen LogP contribution in [0.1, 0.15) is 55.7 Å². The van der Waals surface area contributed by atoms with Crippen molar-refractivity contribution in [1.29, 1.82) is 0 Å². The maximum atomic E-state index is 13.3. The number of rotatable bonds is 7. The molecular weight excluding hydrogens is 505 g/mol. The smallest absolute Gasteiger partial charge is 0.249 e. The molecule has 4 bridgehead atoms. The molecule has 7 heteroatoms. The van der Waals surface area contributed by atoms with Gasteiger partial charge >= 0.3 is 0 Å². The third-order valence-corrected chi connectivity index (χ3v) is 10.8. The van der Waals surface area contributed by atoms with Crippen LogP contribution >= 0.6 is 0 Å². The molecule has 6 nitrogen and oxygen atoms in total. The van der Waals surface area contributed by atoms with E-state index >= 15 is 0 Å². The standard InChI is InChI=1S/C33H32FN3O3/c34-21-5-7-22(8-6-21)36-30-26(31(39)32(30)40)11-25-19-9-18-10-20(25)15-33(13-18,14-19)29(38)12-27-23-3-1-2-4-24(23)28-16-35-17-37(27)28/h1-8,16-20,25,27,29,36,38H,9-15H2. The Kier molecular flexibility index (Phi) is 5.28. The third kappa shape index (κ3) is 3.53. The van der Waals surface area contributed by atoms with Crippen molar-refractivity contribution in [3.8, 4) is 11.3 Å². The molecular formula is C33H32FN3O3. The minimum atomic E-state index is -0.481. The number of hydrogen-bond acceptors (Lipinski definition) is 5. The zero-order chi connectivity index (χ0) is 27.2. The molecule has 4 saturated carbocycles. The van der Waals surface area contributed by atoms with E-state index in [1.807, 2.05) is 12.5 Å². The van der Waals surface area contributed by atoms with Crippen molar-refractivity contribution < 1.29 is 9.50 Å². The Morgan fingerprint density at radius 2 is 1.77 bits per heavy atom. The van der Waals surface area contributed by atoms with Gasteiger partial charge in [0.15, 0.2) is 0 Å². The van der Waals surface area contributed by atoms with Gasteiger partial charge in [0, 0.05) is 16.8 Å². The van der Waals surface area contributed by atoms with Gasteiger partial charge in [-0.1, -0.05) is 24.3 Å². The van der Waals surface area contributed by atoms with Crippen molar-refractivity contribution in [2.45, 2.75) is 57.1 Å². The van der Waals surface area contributed by atoms with Crippen LogP contribution in [-0.4, -0.2) is 20.8 Å². The van der Waals surface area contributed by atoms with Crippen molar-refractivity contribution in [2.24, 2.45) is 29.1 Å². The number of nitrogens with zero attached hydrogens (tertiary/aromatic N) is 2. The maximum Gasteiger partial charge on any atom is 0.249 e. The fourth-order valence-corrected chi connectivity index (χ4v) is 9.25. The van der Waals surface area contributed by atoms with Crippen molar-refractivity contribution in [3.63, 3.8) is 0 Å². The molecule has 0 spiro atoms. The fourth-order valence-electron chi connectivity index (χ4n) is 9.25. The molecule has 0 radical (unpaired) electrons. The van der Waals surface area contributed by atoms with E-state index in [1.165, 1.54) is 23.3 Å². The Hall–Kier alpha value is -3.58. The first-order valence-electron chi connectivity index (χ1n) is 14.5. The number of halogens is 1. The molecule has 3 aromatic carbocycles. The van der Waals surface area contributed by atoms with Crippen molar-refractivity contribution in [2.75, 3.05) is 5.32 Å². The molecule has 2 heterocycles. The molecule has 4 atom stereocenters. The number of hydrogen-bond donors (Lipinski definition) is 2. The molecule has 4 aromatic rings. The average molecular weight is 538 g/mol. The van der Waals surface area contributed by atoms with Gasteiger partial charge in [-0.25, -0.2) is 9.37 Å². The monoisotopic (exact) mass is 537 g/mol. The van der Waals surface area contributed by atoms with Crippen LogP contribution in [0, 0.1) is 34.9 Å². The SMILES string of the molecule is O=c1c(CC2C3CC4CC2CC(C(O)CC2c5ccccc5-c5cncn52)(C4)C3)c(Nc2ccc(F)cc2)c1=O. The molecule has 204 valence electrons. The predicted molar refractivity (Wildman–Crippen MR) is 151 cm³/mol. The number of fused-ring (bicyclic) bond motifs is 3. The summed E-state index contributed by atoms with van der Waals surface area (Å²) < 4.78 is 15.6. The van der Waals surface area contributed by atoms with Crippen molar-refractivity contribution in [1.82, 2.24) is 9.55 Å². The summed E-state index contributed by atoms with van der Waals surface area (Å²) in [4.78, 5) is 29.5. The highest BCUT2D eigenvalue weighted by Gasteiger charge is 2.58. The zero-order valence-corrected chi connectivity index (χ0v) is 22.2. The highest BCUT2D eigenvalue weighted by Crippen LogP contribution is 2.64. The number of benzene rings is 2. The van der Waals surface area contributed by atoms with E-state index in [2.05, 4.69) is 39.1 Å². The van der Waals surface area contributed by atoms with Crippen LogP contribution in [0.25, 0.3) is 11.3 Å². The minimum Gasteiger partial charge on any atom is -0.392 e. The summed E-state index contributed by atoms with van der Waals surface area (Å²) in [5.41, 5.74) is 4.22. The van der Waals surface area contributed by atoms with Gasteiger partial charge in [-0.15, -0.1) is 0 Å². The maximum absolute atomic E-state index is 13.3. The molecule has 1 aliphatic heterocycles. The lowest BCUT2D eigenvalue weighted by molar-refractivity contribution is -0.150. The normalized spacial score (nSPS) is 30.4. The summed E-state index contributed by atoms with van der Waals surface area (Å²) in [5, 5.41) is 15.0. The Labute approximate surface area is 231 Å². The first-order valence-corrected chi connectivity index (χ1v) is 14.5. The van der Waals surface area contributed by atoms with E-state index in [1.54, 1.807) is 12.1 Å². The van der Waals surface area contributed by atoms with Crippen LogP contribution < -0.4 is 16.2 Å². The van der Waals surface area contributed by atoms with Crippen LogP contribution in [0.2, 0.25) is 0 Å². The zero-order valence-electron chi connectivity index (χ0n) is 22.2. The Balaban J connectivity index is 1.02. The third-order valence-electron chi connectivity index (χ3n) is 10.8. The van der Waals surface area contributed by atoms with Gasteiger partial charge in [0.05, 0.1) is 36.1 Å². The molecule has 1 aromatic heterocycles. The van der Waals surface area contributed by atoms with Crippen LogP contribution in [-0.2, 0) is 6.42 Å². The second kappa shape index (κ2) is 8.71. The molecule has 4 fully saturated rings. The van der Waals surface area contributed by atoms with E-state index in [4.69, 9.17) is 0 Å². The lowest BCUT2D eigenvalue weighted by atomic mass is 9.44. The first kappa shape index (κ1) is 24.2. The highest BCUT2D eigenvalue weighted by molar-refractivity contribution is 5.69. The number of aliphatic hydroxyl groups excluding tert-OH is 1. The lowest BCUT2D eigenvalue weighted by Crippen LogP contribution is -2.56. The number of anilines is 2. The summed E-state index contributed by atoms with van der Waals surface area (Å²) in [6, 6.07) is 14.4. The second-order valence-corrected chi connectivity index (χ2v) is 12.9. The number of aromatic nitrogens is 2. The van der Waals surface area contributed by atoms with Crippen LogP contribution in [0.5, 0.6) is 0 Å². The Morgan fingerprint density at radius 1 is 1.02 bits per heavy atom.